The molecule has 1 N–H and O–H groups in total. The first kappa shape index (κ1) is 21.3. The van der Waals surface area contributed by atoms with Crippen LogP contribution in [0.4, 0.5) is 10.1 Å². The average Bonchev–Trinajstić information content (AvgIpc) is 3.02. The van der Waals surface area contributed by atoms with Crippen LogP contribution in [-0.4, -0.2) is 44.9 Å². The van der Waals surface area contributed by atoms with Crippen molar-refractivity contribution in [1.82, 2.24) is 9.62 Å². The van der Waals surface area contributed by atoms with Gasteiger partial charge in [-0.3, -0.25) is 0 Å². The Labute approximate surface area is 178 Å². The predicted octanol–water partition coefficient (Wildman–Crippen LogP) is 3.68. The van der Waals surface area contributed by atoms with Gasteiger partial charge >= 0.3 is 0 Å². The number of anilines is 1. The van der Waals surface area contributed by atoms with Crippen molar-refractivity contribution in [3.8, 4) is 0 Å². The second kappa shape index (κ2) is 9.04. The van der Waals surface area contributed by atoms with Gasteiger partial charge in [0.15, 0.2) is 0 Å². The molecular formula is C23H30FN3O2S. The van der Waals surface area contributed by atoms with Crippen LogP contribution >= 0.6 is 0 Å². The number of hydrogen-bond acceptors (Lipinski definition) is 4. The maximum atomic E-state index is 15.0. The van der Waals surface area contributed by atoms with Crippen molar-refractivity contribution >= 4 is 15.7 Å². The standard InChI is InChI=1S/C23H30FN3O2S/c1-18-8-11-23(19-6-3-2-4-7-19)30(28,29)27(18)17-20-9-10-21(16-22(20)24)26-14-5-12-25-13-15-26/h2-4,6-7,9-10,16,18,23,25H,5,8,11-15,17H2,1H3/t18-,23?/m0/s1. The molecule has 1 unspecified atom stereocenters. The van der Waals surface area contributed by atoms with Gasteiger partial charge in [0.1, 0.15) is 11.1 Å². The summed E-state index contributed by atoms with van der Waals surface area (Å²) in [5.74, 6) is -0.339. The summed E-state index contributed by atoms with van der Waals surface area (Å²) in [4.78, 5) is 2.18. The molecule has 162 valence electrons. The molecule has 2 atom stereocenters. The van der Waals surface area contributed by atoms with Gasteiger partial charge in [0.25, 0.3) is 0 Å². The molecule has 0 bridgehead atoms. The summed E-state index contributed by atoms with van der Waals surface area (Å²) >= 11 is 0. The van der Waals surface area contributed by atoms with Crippen molar-refractivity contribution in [2.75, 3.05) is 31.1 Å². The molecule has 30 heavy (non-hydrogen) atoms. The molecule has 2 saturated heterocycles. The van der Waals surface area contributed by atoms with Crippen LogP contribution in [0.15, 0.2) is 48.5 Å². The van der Waals surface area contributed by atoms with E-state index in [-0.39, 0.29) is 18.4 Å². The molecule has 4 rings (SSSR count). The van der Waals surface area contributed by atoms with E-state index < -0.39 is 15.3 Å². The van der Waals surface area contributed by atoms with E-state index in [0.29, 0.717) is 12.0 Å². The van der Waals surface area contributed by atoms with Crippen LogP contribution in [0.3, 0.4) is 0 Å². The van der Waals surface area contributed by atoms with Gasteiger partial charge in [0, 0.05) is 43.5 Å². The first-order valence-corrected chi connectivity index (χ1v) is 12.3. The molecule has 2 aromatic rings. The van der Waals surface area contributed by atoms with Crippen LogP contribution < -0.4 is 10.2 Å². The average molecular weight is 432 g/mol. The summed E-state index contributed by atoms with van der Waals surface area (Å²) in [7, 11) is -3.57. The fraction of sp³-hybridized carbons (Fsp3) is 0.478. The van der Waals surface area contributed by atoms with Crippen molar-refractivity contribution in [3.63, 3.8) is 0 Å². The highest BCUT2D eigenvalue weighted by Gasteiger charge is 2.40. The minimum Gasteiger partial charge on any atom is -0.370 e. The summed E-state index contributed by atoms with van der Waals surface area (Å²) in [5.41, 5.74) is 2.09. The van der Waals surface area contributed by atoms with Gasteiger partial charge in [-0.25, -0.2) is 12.8 Å². The molecule has 2 aliphatic heterocycles. The van der Waals surface area contributed by atoms with Crippen molar-refractivity contribution in [2.24, 2.45) is 0 Å². The Morgan fingerprint density at radius 2 is 1.87 bits per heavy atom. The summed E-state index contributed by atoms with van der Waals surface area (Å²) in [6.45, 7) is 5.57. The number of hydrogen-bond donors (Lipinski definition) is 1. The third-order valence-corrected chi connectivity index (χ3v) is 8.63. The van der Waals surface area contributed by atoms with Gasteiger partial charge in [0.05, 0.1) is 0 Å². The number of benzene rings is 2. The molecule has 2 aliphatic rings. The van der Waals surface area contributed by atoms with E-state index in [9.17, 15) is 12.8 Å². The molecule has 7 heteroatoms. The third kappa shape index (κ3) is 4.38. The van der Waals surface area contributed by atoms with Crippen LogP contribution in [0.25, 0.3) is 0 Å². The Morgan fingerprint density at radius 3 is 2.63 bits per heavy atom. The quantitative estimate of drug-likeness (QED) is 0.802. The van der Waals surface area contributed by atoms with Gasteiger partial charge in [0.2, 0.25) is 10.0 Å². The topological polar surface area (TPSA) is 52.7 Å². The van der Waals surface area contributed by atoms with E-state index in [2.05, 4.69) is 10.2 Å². The van der Waals surface area contributed by atoms with Gasteiger partial charge in [-0.2, -0.15) is 4.31 Å². The van der Waals surface area contributed by atoms with Crippen molar-refractivity contribution in [2.45, 2.75) is 44.0 Å². The monoisotopic (exact) mass is 431 g/mol. The van der Waals surface area contributed by atoms with Gasteiger partial charge < -0.3 is 10.2 Å². The lowest BCUT2D eigenvalue weighted by Crippen LogP contribution is -2.44. The molecule has 0 amide bonds. The lowest BCUT2D eigenvalue weighted by atomic mass is 10.0. The fourth-order valence-corrected chi connectivity index (χ4v) is 6.67. The Morgan fingerprint density at radius 1 is 1.07 bits per heavy atom. The van der Waals surface area contributed by atoms with Crippen LogP contribution in [0.2, 0.25) is 0 Å². The molecule has 2 heterocycles. The predicted molar refractivity (Wildman–Crippen MR) is 118 cm³/mol. The normalized spacial score (nSPS) is 25.1. The van der Waals surface area contributed by atoms with Crippen LogP contribution in [-0.2, 0) is 16.6 Å². The zero-order chi connectivity index (χ0) is 21.1. The molecule has 0 aliphatic carbocycles. The first-order valence-electron chi connectivity index (χ1n) is 10.8. The molecule has 2 aromatic carbocycles. The summed E-state index contributed by atoms with van der Waals surface area (Å²) < 4.78 is 43.2. The van der Waals surface area contributed by atoms with E-state index in [1.54, 1.807) is 12.1 Å². The van der Waals surface area contributed by atoms with Crippen LogP contribution in [0.1, 0.15) is 42.6 Å². The van der Waals surface area contributed by atoms with E-state index in [1.807, 2.05) is 43.3 Å². The van der Waals surface area contributed by atoms with E-state index in [4.69, 9.17) is 0 Å². The second-order valence-electron chi connectivity index (χ2n) is 8.28. The smallest absolute Gasteiger partial charge is 0.221 e. The van der Waals surface area contributed by atoms with Crippen LogP contribution in [0, 0.1) is 5.82 Å². The Kier molecular flexibility index (Phi) is 6.41. The number of halogens is 1. The van der Waals surface area contributed by atoms with Gasteiger partial charge in [-0.15, -0.1) is 0 Å². The second-order valence-corrected chi connectivity index (χ2v) is 10.4. The molecule has 0 saturated carbocycles. The fourth-order valence-electron chi connectivity index (χ4n) is 4.48. The molecule has 0 spiro atoms. The maximum Gasteiger partial charge on any atom is 0.221 e. The zero-order valence-electron chi connectivity index (χ0n) is 17.4. The minimum absolute atomic E-state index is 0.0699. The SMILES string of the molecule is C[C@H]1CCC(c2ccccc2)S(=O)(=O)N1Cc1ccc(N2CCCNCC2)cc1F. The van der Waals surface area contributed by atoms with Crippen molar-refractivity contribution in [3.05, 3.63) is 65.5 Å². The molecule has 0 radical (unpaired) electrons. The van der Waals surface area contributed by atoms with E-state index >= 15 is 0 Å². The molecule has 0 aromatic heterocycles. The Balaban J connectivity index is 1.56. The third-order valence-electron chi connectivity index (χ3n) is 6.26. The Hall–Kier alpha value is -1.96. The summed E-state index contributed by atoms with van der Waals surface area (Å²) in [5, 5.41) is 2.78. The molecule has 2 fully saturated rings. The molecular weight excluding hydrogens is 401 g/mol. The highest BCUT2D eigenvalue weighted by atomic mass is 32.2. The number of nitrogens with zero attached hydrogens (tertiary/aromatic N) is 2. The van der Waals surface area contributed by atoms with E-state index in [0.717, 1.165) is 50.3 Å². The minimum atomic E-state index is -3.57. The lowest BCUT2D eigenvalue weighted by Gasteiger charge is -2.37. The number of sulfonamides is 1. The number of rotatable bonds is 4. The number of nitrogens with one attached hydrogen (secondary N) is 1. The molecule has 5 nitrogen and oxygen atoms in total. The first-order chi connectivity index (χ1) is 14.5. The maximum absolute atomic E-state index is 15.0. The van der Waals surface area contributed by atoms with Crippen LogP contribution in [0.5, 0.6) is 0 Å². The summed E-state index contributed by atoms with van der Waals surface area (Å²) in [6.07, 6.45) is 2.38. The largest absolute Gasteiger partial charge is 0.370 e. The van der Waals surface area contributed by atoms with Gasteiger partial charge in [-0.05, 0) is 50.4 Å². The zero-order valence-corrected chi connectivity index (χ0v) is 18.2. The summed E-state index contributed by atoms with van der Waals surface area (Å²) in [6, 6.07) is 14.4. The Bertz CT molecular complexity index is 960. The van der Waals surface area contributed by atoms with Gasteiger partial charge in [-0.1, -0.05) is 36.4 Å². The highest BCUT2D eigenvalue weighted by molar-refractivity contribution is 7.89. The van der Waals surface area contributed by atoms with E-state index in [1.165, 1.54) is 4.31 Å². The van der Waals surface area contributed by atoms with Crippen molar-refractivity contribution in [1.29, 1.82) is 0 Å². The highest BCUT2D eigenvalue weighted by Crippen LogP contribution is 2.38. The lowest BCUT2D eigenvalue weighted by molar-refractivity contribution is 0.279. The van der Waals surface area contributed by atoms with Crippen molar-refractivity contribution < 1.29 is 12.8 Å².